The maximum Gasteiger partial charge on any atom is 0.234 e. The fourth-order valence-electron chi connectivity index (χ4n) is 3.27. The number of hydrogen-bond acceptors (Lipinski definition) is 6. The van der Waals surface area contributed by atoms with E-state index in [2.05, 4.69) is 28.2 Å². The number of nitrogens with zero attached hydrogens (tertiary/aromatic N) is 5. The molecule has 1 aliphatic rings. The Morgan fingerprint density at radius 1 is 1.33 bits per heavy atom. The summed E-state index contributed by atoms with van der Waals surface area (Å²) in [6.45, 7) is 4.83. The summed E-state index contributed by atoms with van der Waals surface area (Å²) < 4.78 is 7.52. The molecule has 3 aromatic rings. The van der Waals surface area contributed by atoms with Crippen molar-refractivity contribution in [1.82, 2.24) is 24.7 Å². The second kappa shape index (κ2) is 6.49. The Hall–Kier alpha value is -1.99. The Morgan fingerprint density at radius 3 is 3.08 bits per heavy atom. The van der Waals surface area contributed by atoms with Crippen molar-refractivity contribution in [1.29, 1.82) is 0 Å². The van der Waals surface area contributed by atoms with E-state index in [1.165, 1.54) is 6.42 Å². The van der Waals surface area contributed by atoms with Crippen LogP contribution in [0.4, 0.5) is 0 Å². The number of likely N-dealkylation sites (tertiary alicyclic amines) is 1. The predicted octanol–water partition coefficient (Wildman–Crippen LogP) is 3.06. The molecule has 1 atom stereocenters. The summed E-state index contributed by atoms with van der Waals surface area (Å²) in [5.41, 5.74) is 1.06. The van der Waals surface area contributed by atoms with Crippen LogP contribution in [0.5, 0.6) is 5.75 Å². The van der Waals surface area contributed by atoms with Crippen LogP contribution in [0.25, 0.3) is 15.5 Å². The summed E-state index contributed by atoms with van der Waals surface area (Å²) in [5.74, 6) is 2.26. The van der Waals surface area contributed by atoms with E-state index >= 15 is 0 Å². The Bertz CT molecular complexity index is 842. The number of fused-ring (bicyclic) bond motifs is 1. The first-order chi connectivity index (χ1) is 11.7. The van der Waals surface area contributed by atoms with Crippen molar-refractivity contribution in [3.05, 3.63) is 30.1 Å². The SMILES string of the molecule is CCOc1cccc(-c2nn3c(C4CCCN(C)C4)nnc3s2)c1. The first-order valence-electron chi connectivity index (χ1n) is 8.38. The van der Waals surface area contributed by atoms with Crippen LogP contribution in [0.1, 0.15) is 31.5 Å². The average Bonchev–Trinajstić information content (AvgIpc) is 3.16. The Balaban J connectivity index is 1.68. The number of likely N-dealkylation sites (N-methyl/N-ethyl adjacent to an activating group) is 1. The molecule has 1 aromatic carbocycles. The van der Waals surface area contributed by atoms with E-state index in [1.807, 2.05) is 29.6 Å². The standard InChI is InChI=1S/C17H21N5OS/c1-3-23-14-8-4-6-12(10-14)16-20-22-15(18-19-17(22)24-16)13-7-5-9-21(2)11-13/h4,6,8,10,13H,3,5,7,9,11H2,1-2H3. The van der Waals surface area contributed by atoms with Gasteiger partial charge < -0.3 is 9.64 Å². The number of hydrogen-bond donors (Lipinski definition) is 0. The molecule has 0 N–H and O–H groups in total. The molecule has 1 unspecified atom stereocenters. The van der Waals surface area contributed by atoms with E-state index < -0.39 is 0 Å². The van der Waals surface area contributed by atoms with Crippen LogP contribution in [0.3, 0.4) is 0 Å². The average molecular weight is 343 g/mol. The van der Waals surface area contributed by atoms with E-state index in [1.54, 1.807) is 11.3 Å². The zero-order chi connectivity index (χ0) is 16.5. The van der Waals surface area contributed by atoms with E-state index in [-0.39, 0.29) is 0 Å². The van der Waals surface area contributed by atoms with Crippen molar-refractivity contribution < 1.29 is 4.74 Å². The summed E-state index contributed by atoms with van der Waals surface area (Å²) >= 11 is 1.57. The highest BCUT2D eigenvalue weighted by molar-refractivity contribution is 7.19. The predicted molar refractivity (Wildman–Crippen MR) is 94.7 cm³/mol. The Morgan fingerprint density at radius 2 is 2.25 bits per heavy atom. The maximum atomic E-state index is 5.59. The highest BCUT2D eigenvalue weighted by Crippen LogP contribution is 2.31. The number of rotatable bonds is 4. The third kappa shape index (κ3) is 2.89. The summed E-state index contributed by atoms with van der Waals surface area (Å²) in [6.07, 6.45) is 2.35. The Kier molecular flexibility index (Phi) is 4.20. The third-order valence-corrected chi connectivity index (χ3v) is 5.34. The van der Waals surface area contributed by atoms with Gasteiger partial charge in [0.15, 0.2) is 5.82 Å². The van der Waals surface area contributed by atoms with Gasteiger partial charge in [-0.2, -0.15) is 9.61 Å². The molecular formula is C17H21N5OS. The fraction of sp³-hybridized carbons (Fsp3) is 0.471. The van der Waals surface area contributed by atoms with Gasteiger partial charge in [0.25, 0.3) is 0 Å². The van der Waals surface area contributed by atoms with Crippen LogP contribution >= 0.6 is 11.3 Å². The van der Waals surface area contributed by atoms with Gasteiger partial charge >= 0.3 is 0 Å². The highest BCUT2D eigenvalue weighted by Gasteiger charge is 2.25. The van der Waals surface area contributed by atoms with Crippen molar-refractivity contribution in [2.45, 2.75) is 25.7 Å². The molecule has 24 heavy (non-hydrogen) atoms. The van der Waals surface area contributed by atoms with Crippen LogP contribution in [0.15, 0.2) is 24.3 Å². The topological polar surface area (TPSA) is 55.6 Å². The molecule has 7 heteroatoms. The molecule has 1 fully saturated rings. The lowest BCUT2D eigenvalue weighted by Gasteiger charge is -2.28. The van der Waals surface area contributed by atoms with Gasteiger partial charge in [0.2, 0.25) is 4.96 Å². The number of ether oxygens (including phenoxy) is 1. The molecule has 0 spiro atoms. The molecule has 4 rings (SSSR count). The summed E-state index contributed by atoms with van der Waals surface area (Å²) in [5, 5.41) is 14.5. The van der Waals surface area contributed by atoms with Crippen LogP contribution in [-0.2, 0) is 0 Å². The minimum atomic E-state index is 0.406. The van der Waals surface area contributed by atoms with Crippen molar-refractivity contribution in [2.24, 2.45) is 0 Å². The van der Waals surface area contributed by atoms with Crippen molar-refractivity contribution in [3.63, 3.8) is 0 Å². The van der Waals surface area contributed by atoms with Gasteiger partial charge in [-0.15, -0.1) is 10.2 Å². The number of piperidine rings is 1. The second-order valence-electron chi connectivity index (χ2n) is 6.22. The van der Waals surface area contributed by atoms with E-state index in [0.717, 1.165) is 46.6 Å². The smallest absolute Gasteiger partial charge is 0.234 e. The molecule has 0 amide bonds. The summed E-state index contributed by atoms with van der Waals surface area (Å²) in [7, 11) is 2.16. The largest absolute Gasteiger partial charge is 0.494 e. The quantitative estimate of drug-likeness (QED) is 0.729. The number of aromatic nitrogens is 4. The molecule has 1 aliphatic heterocycles. The first-order valence-corrected chi connectivity index (χ1v) is 9.20. The van der Waals surface area contributed by atoms with E-state index in [4.69, 9.17) is 9.84 Å². The fourth-order valence-corrected chi connectivity index (χ4v) is 4.11. The van der Waals surface area contributed by atoms with Gasteiger partial charge in [-0.1, -0.05) is 23.5 Å². The van der Waals surface area contributed by atoms with Crippen LogP contribution < -0.4 is 4.74 Å². The first kappa shape index (κ1) is 15.5. The summed E-state index contributed by atoms with van der Waals surface area (Å²) in [6, 6.07) is 8.06. The van der Waals surface area contributed by atoms with E-state index in [0.29, 0.717) is 12.5 Å². The van der Waals surface area contributed by atoms with Crippen LogP contribution in [0, 0.1) is 0 Å². The molecule has 3 heterocycles. The van der Waals surface area contributed by atoms with Crippen LogP contribution in [-0.4, -0.2) is 51.5 Å². The van der Waals surface area contributed by atoms with Crippen molar-refractivity contribution in [3.8, 4) is 16.3 Å². The monoisotopic (exact) mass is 343 g/mol. The van der Waals surface area contributed by atoms with E-state index in [9.17, 15) is 0 Å². The zero-order valence-electron chi connectivity index (χ0n) is 14.0. The van der Waals surface area contributed by atoms with Gasteiger partial charge in [0.05, 0.1) is 6.61 Å². The molecule has 0 radical (unpaired) electrons. The molecule has 6 nitrogen and oxygen atoms in total. The second-order valence-corrected chi connectivity index (χ2v) is 7.18. The maximum absolute atomic E-state index is 5.59. The van der Waals surface area contributed by atoms with Crippen molar-refractivity contribution >= 4 is 16.3 Å². The van der Waals surface area contributed by atoms with Crippen molar-refractivity contribution in [2.75, 3.05) is 26.7 Å². The zero-order valence-corrected chi connectivity index (χ0v) is 14.8. The molecule has 0 aliphatic carbocycles. The molecule has 0 bridgehead atoms. The minimum Gasteiger partial charge on any atom is -0.494 e. The van der Waals surface area contributed by atoms with Gasteiger partial charge in [-0.25, -0.2) is 0 Å². The molecule has 0 saturated carbocycles. The molecular weight excluding hydrogens is 322 g/mol. The lowest BCUT2D eigenvalue weighted by molar-refractivity contribution is 0.244. The van der Waals surface area contributed by atoms with Gasteiger partial charge in [0, 0.05) is 18.0 Å². The van der Waals surface area contributed by atoms with Gasteiger partial charge in [-0.3, -0.25) is 0 Å². The van der Waals surface area contributed by atoms with Gasteiger partial charge in [0.1, 0.15) is 10.8 Å². The summed E-state index contributed by atoms with van der Waals surface area (Å²) in [4.78, 5) is 3.21. The third-order valence-electron chi connectivity index (χ3n) is 4.40. The molecule has 2 aromatic heterocycles. The minimum absolute atomic E-state index is 0.406. The number of benzene rings is 1. The van der Waals surface area contributed by atoms with Gasteiger partial charge in [-0.05, 0) is 45.5 Å². The van der Waals surface area contributed by atoms with Crippen LogP contribution in [0.2, 0.25) is 0 Å². The highest BCUT2D eigenvalue weighted by atomic mass is 32.1. The molecule has 126 valence electrons. The Labute approximate surface area is 145 Å². The molecule has 1 saturated heterocycles. The lowest BCUT2D eigenvalue weighted by Crippen LogP contribution is -2.31. The normalized spacial score (nSPS) is 19.0. The lowest BCUT2D eigenvalue weighted by atomic mass is 9.98.